The first kappa shape index (κ1) is 18.4. The van der Waals surface area contributed by atoms with Gasteiger partial charge in [0, 0.05) is 41.6 Å². The number of nitrogens with zero attached hydrogens (tertiary/aromatic N) is 2. The smallest absolute Gasteiger partial charge is 0.322 e. The summed E-state index contributed by atoms with van der Waals surface area (Å²) in [7, 11) is 1.39. The number of nitrogens with one attached hydrogen (secondary N) is 1. The van der Waals surface area contributed by atoms with Crippen LogP contribution in [-0.2, 0) is 9.53 Å². The topological polar surface area (TPSA) is 71.5 Å². The molecule has 1 N–H and O–H groups in total. The van der Waals surface area contributed by atoms with Gasteiger partial charge in [0.2, 0.25) is 0 Å². The molecule has 1 aromatic rings. The van der Waals surface area contributed by atoms with Gasteiger partial charge in [0.05, 0.1) is 7.11 Å². The van der Waals surface area contributed by atoms with E-state index in [0.717, 1.165) is 12.0 Å². The maximum absolute atomic E-state index is 13.1. The minimum Gasteiger partial charge on any atom is -0.468 e. The third-order valence-corrected chi connectivity index (χ3v) is 4.44. The molecule has 1 aromatic heterocycles. The van der Waals surface area contributed by atoms with Crippen molar-refractivity contribution in [2.75, 3.05) is 7.11 Å². The molecule has 2 rings (SSSR count). The second-order valence-electron chi connectivity index (χ2n) is 6.74. The summed E-state index contributed by atoms with van der Waals surface area (Å²) in [6, 6.07) is 1.59. The van der Waals surface area contributed by atoms with Crippen molar-refractivity contribution in [2.24, 2.45) is 0 Å². The van der Waals surface area contributed by atoms with E-state index in [-0.39, 0.29) is 36.0 Å². The Morgan fingerprint density at radius 3 is 2.50 bits per heavy atom. The number of carbonyl (C=O) groups excluding carboxylic acids is 2. The van der Waals surface area contributed by atoms with Crippen molar-refractivity contribution in [3.05, 3.63) is 29.6 Å². The van der Waals surface area contributed by atoms with E-state index in [1.54, 1.807) is 18.5 Å². The minimum absolute atomic E-state index is 0.000665. The molecule has 2 atom stereocenters. The third kappa shape index (κ3) is 3.75. The molecule has 132 valence electrons. The van der Waals surface area contributed by atoms with Crippen LogP contribution in [0.1, 0.15) is 62.5 Å². The van der Waals surface area contributed by atoms with E-state index in [1.807, 2.05) is 32.6 Å². The molecule has 1 aliphatic rings. The second kappa shape index (κ2) is 7.75. The number of aromatic nitrogens is 1. The molecule has 1 aliphatic heterocycles. The number of hydrogen-bond acceptors (Lipinski definition) is 5. The summed E-state index contributed by atoms with van der Waals surface area (Å²) < 4.78 is 4.80. The predicted octanol–water partition coefficient (Wildman–Crippen LogP) is 2.31. The lowest BCUT2D eigenvalue weighted by Crippen LogP contribution is -2.42. The summed E-state index contributed by atoms with van der Waals surface area (Å²) in [6.45, 7) is 8.06. The highest BCUT2D eigenvalue weighted by molar-refractivity contribution is 5.96. The van der Waals surface area contributed by atoms with E-state index >= 15 is 0 Å². The lowest BCUT2D eigenvalue weighted by atomic mass is 9.99. The second-order valence-corrected chi connectivity index (χ2v) is 6.74. The van der Waals surface area contributed by atoms with Crippen LogP contribution in [0.2, 0.25) is 0 Å². The molecule has 2 heterocycles. The Balaban J connectivity index is 2.28. The van der Waals surface area contributed by atoms with Gasteiger partial charge in [-0.25, -0.2) is 0 Å². The van der Waals surface area contributed by atoms with E-state index in [1.165, 1.54) is 7.11 Å². The summed E-state index contributed by atoms with van der Waals surface area (Å²) in [5.74, 6) is -0.263. The van der Waals surface area contributed by atoms with Crippen molar-refractivity contribution < 1.29 is 14.3 Å². The Hall–Kier alpha value is -1.95. The van der Waals surface area contributed by atoms with Crippen LogP contribution in [0.4, 0.5) is 0 Å². The van der Waals surface area contributed by atoms with Gasteiger partial charge in [-0.15, -0.1) is 0 Å². The zero-order valence-electron chi connectivity index (χ0n) is 15.1. The number of amides is 1. The highest BCUT2D eigenvalue weighted by atomic mass is 16.5. The molecule has 0 unspecified atom stereocenters. The first-order chi connectivity index (χ1) is 11.4. The number of ether oxygens (including phenoxy) is 1. The summed E-state index contributed by atoms with van der Waals surface area (Å²) >= 11 is 0. The fraction of sp³-hybridized carbons (Fsp3) is 0.611. The van der Waals surface area contributed by atoms with E-state index in [9.17, 15) is 9.59 Å². The number of methoxy groups -OCH3 is 1. The Bertz CT molecular complexity index is 593. The zero-order chi connectivity index (χ0) is 17.9. The van der Waals surface area contributed by atoms with Gasteiger partial charge in [0.25, 0.3) is 5.91 Å². The predicted molar refractivity (Wildman–Crippen MR) is 91.6 cm³/mol. The molecule has 6 nitrogen and oxygen atoms in total. The highest BCUT2D eigenvalue weighted by Gasteiger charge is 2.33. The molecule has 0 aromatic carbocycles. The van der Waals surface area contributed by atoms with Crippen molar-refractivity contribution in [1.82, 2.24) is 15.2 Å². The van der Waals surface area contributed by atoms with Crippen LogP contribution in [0.3, 0.4) is 0 Å². The van der Waals surface area contributed by atoms with Gasteiger partial charge >= 0.3 is 5.97 Å². The van der Waals surface area contributed by atoms with Crippen LogP contribution in [0, 0.1) is 0 Å². The van der Waals surface area contributed by atoms with E-state index < -0.39 is 0 Å². The van der Waals surface area contributed by atoms with Crippen LogP contribution in [0.5, 0.6) is 0 Å². The van der Waals surface area contributed by atoms with Gasteiger partial charge in [-0.3, -0.25) is 19.9 Å². The normalized spacial score (nSPS) is 20.5. The quantitative estimate of drug-likeness (QED) is 0.837. The SMILES string of the molecule is COC(=O)[C@@H]1CC[C@H](c2cnccc2C(=O)N(C(C)C)C(C)C)N1. The molecule has 0 bridgehead atoms. The van der Waals surface area contributed by atoms with Crippen LogP contribution in [-0.4, -0.2) is 47.0 Å². The van der Waals surface area contributed by atoms with Gasteiger partial charge in [0.15, 0.2) is 0 Å². The summed E-state index contributed by atoms with van der Waals surface area (Å²) in [4.78, 5) is 30.8. The number of rotatable bonds is 5. The zero-order valence-corrected chi connectivity index (χ0v) is 15.1. The maximum atomic E-state index is 13.1. The van der Waals surface area contributed by atoms with E-state index in [4.69, 9.17) is 4.74 Å². The van der Waals surface area contributed by atoms with Crippen LogP contribution < -0.4 is 5.32 Å². The molecule has 1 saturated heterocycles. The van der Waals surface area contributed by atoms with Crippen molar-refractivity contribution in [1.29, 1.82) is 0 Å². The van der Waals surface area contributed by atoms with Gasteiger partial charge in [-0.05, 0) is 46.6 Å². The highest BCUT2D eigenvalue weighted by Crippen LogP contribution is 2.30. The summed E-state index contributed by atoms with van der Waals surface area (Å²) in [6.07, 6.45) is 4.83. The molecule has 24 heavy (non-hydrogen) atoms. The average Bonchev–Trinajstić information content (AvgIpc) is 3.03. The monoisotopic (exact) mass is 333 g/mol. The first-order valence-electron chi connectivity index (χ1n) is 8.47. The largest absolute Gasteiger partial charge is 0.468 e. The molecular weight excluding hydrogens is 306 g/mol. The van der Waals surface area contributed by atoms with Crippen molar-refractivity contribution in [3.8, 4) is 0 Å². The van der Waals surface area contributed by atoms with Crippen molar-refractivity contribution in [3.63, 3.8) is 0 Å². The number of carbonyl (C=O) groups is 2. The average molecular weight is 333 g/mol. The molecular formula is C18H27N3O3. The van der Waals surface area contributed by atoms with Crippen molar-refractivity contribution >= 4 is 11.9 Å². The van der Waals surface area contributed by atoms with Crippen LogP contribution in [0.25, 0.3) is 0 Å². The molecule has 6 heteroatoms. The summed E-state index contributed by atoms with van der Waals surface area (Å²) in [5, 5.41) is 3.27. The Morgan fingerprint density at radius 1 is 1.25 bits per heavy atom. The van der Waals surface area contributed by atoms with Gasteiger partial charge in [0.1, 0.15) is 6.04 Å². The Labute approximate surface area is 143 Å². The molecule has 0 spiro atoms. The minimum atomic E-state index is -0.325. The van der Waals surface area contributed by atoms with Crippen LogP contribution in [0.15, 0.2) is 18.5 Å². The maximum Gasteiger partial charge on any atom is 0.322 e. The number of esters is 1. The Morgan fingerprint density at radius 2 is 1.92 bits per heavy atom. The first-order valence-corrected chi connectivity index (χ1v) is 8.47. The fourth-order valence-electron chi connectivity index (χ4n) is 3.40. The number of hydrogen-bond donors (Lipinski definition) is 1. The summed E-state index contributed by atoms with van der Waals surface area (Å²) in [5.41, 5.74) is 1.50. The molecule has 1 fully saturated rings. The molecule has 0 radical (unpaired) electrons. The van der Waals surface area contributed by atoms with Gasteiger partial charge in [-0.1, -0.05) is 0 Å². The lowest BCUT2D eigenvalue weighted by molar-refractivity contribution is -0.142. The van der Waals surface area contributed by atoms with Crippen LogP contribution >= 0.6 is 0 Å². The van der Waals surface area contributed by atoms with Gasteiger partial charge < -0.3 is 9.64 Å². The number of pyridine rings is 1. The Kier molecular flexibility index (Phi) is 5.94. The fourth-order valence-corrected chi connectivity index (χ4v) is 3.40. The lowest BCUT2D eigenvalue weighted by Gasteiger charge is -2.32. The molecule has 1 amide bonds. The molecule has 0 aliphatic carbocycles. The van der Waals surface area contributed by atoms with Crippen molar-refractivity contribution in [2.45, 2.75) is 64.7 Å². The van der Waals surface area contributed by atoms with E-state index in [0.29, 0.717) is 12.0 Å². The van der Waals surface area contributed by atoms with Gasteiger partial charge in [-0.2, -0.15) is 0 Å². The van der Waals surface area contributed by atoms with E-state index in [2.05, 4.69) is 10.3 Å². The molecule has 0 saturated carbocycles. The standard InChI is InChI=1S/C18H27N3O3/c1-11(2)21(12(3)4)17(22)13-8-9-19-10-14(13)15-6-7-16(20-15)18(23)24-5/h8-12,15-16,20H,6-7H2,1-5H3/t15-,16+/m1/s1. The third-order valence-electron chi connectivity index (χ3n) is 4.44.